The molecule has 0 aromatic carbocycles. The molecule has 118 valence electrons. The van der Waals surface area contributed by atoms with E-state index in [1.807, 2.05) is 12.1 Å². The van der Waals surface area contributed by atoms with Crippen LogP contribution >= 0.6 is 0 Å². The van der Waals surface area contributed by atoms with Crippen LogP contribution < -0.4 is 10.5 Å². The summed E-state index contributed by atoms with van der Waals surface area (Å²) in [4.78, 5) is 16.6. The molecule has 3 aromatic heterocycles. The molecule has 0 bridgehead atoms. The van der Waals surface area contributed by atoms with Crippen LogP contribution in [0.25, 0.3) is 17.2 Å². The Morgan fingerprint density at radius 3 is 2.57 bits per heavy atom. The first-order chi connectivity index (χ1) is 11.3. The van der Waals surface area contributed by atoms with E-state index in [0.29, 0.717) is 17.2 Å². The highest BCUT2D eigenvalue weighted by molar-refractivity contribution is 5.56. The quantitative estimate of drug-likeness (QED) is 0.781. The van der Waals surface area contributed by atoms with Crippen molar-refractivity contribution in [3.05, 3.63) is 40.7 Å². The lowest BCUT2D eigenvalue weighted by Crippen LogP contribution is -2.25. The van der Waals surface area contributed by atoms with Gasteiger partial charge in [0.1, 0.15) is 5.82 Å². The number of aromatic nitrogens is 5. The van der Waals surface area contributed by atoms with E-state index in [4.69, 9.17) is 5.10 Å². The van der Waals surface area contributed by atoms with Crippen LogP contribution in [0.1, 0.15) is 25.7 Å². The van der Waals surface area contributed by atoms with Gasteiger partial charge in [0.25, 0.3) is 0 Å². The van der Waals surface area contributed by atoms with E-state index in [2.05, 4.69) is 20.1 Å². The maximum Gasteiger partial charge on any atom is 0.248 e. The lowest BCUT2D eigenvalue weighted by molar-refractivity contribution is 0.726. The Bertz CT molecular complexity index is 875. The molecule has 0 aliphatic carbocycles. The summed E-state index contributed by atoms with van der Waals surface area (Å²) in [5.41, 5.74) is 1.12. The van der Waals surface area contributed by atoms with E-state index in [-0.39, 0.29) is 5.56 Å². The number of aromatic amines is 1. The molecule has 4 rings (SSSR count). The number of nitrogens with zero attached hydrogens (tertiary/aromatic N) is 5. The number of fused-ring (bicyclic) bond motifs is 1. The van der Waals surface area contributed by atoms with Gasteiger partial charge in [0, 0.05) is 19.2 Å². The van der Waals surface area contributed by atoms with Crippen molar-refractivity contribution in [2.45, 2.75) is 25.7 Å². The molecule has 1 saturated heterocycles. The van der Waals surface area contributed by atoms with E-state index in [9.17, 15) is 4.79 Å². The molecule has 0 spiro atoms. The smallest absolute Gasteiger partial charge is 0.248 e. The van der Waals surface area contributed by atoms with Gasteiger partial charge in [0.15, 0.2) is 5.65 Å². The number of rotatable bonds is 2. The molecule has 23 heavy (non-hydrogen) atoms. The van der Waals surface area contributed by atoms with Crippen molar-refractivity contribution < 1.29 is 0 Å². The van der Waals surface area contributed by atoms with Crippen LogP contribution in [0.15, 0.2) is 35.1 Å². The van der Waals surface area contributed by atoms with Gasteiger partial charge in [0.05, 0.1) is 5.69 Å². The zero-order valence-electron chi connectivity index (χ0n) is 12.8. The summed E-state index contributed by atoms with van der Waals surface area (Å²) in [6.07, 6.45) is 4.95. The molecule has 1 aliphatic rings. The fourth-order valence-electron chi connectivity index (χ4n) is 2.99. The molecular weight excluding hydrogens is 292 g/mol. The Hall–Kier alpha value is -2.70. The molecule has 0 radical (unpaired) electrons. The Balaban J connectivity index is 1.78. The normalized spacial score (nSPS) is 15.7. The van der Waals surface area contributed by atoms with E-state index in [1.54, 1.807) is 16.6 Å². The second kappa shape index (κ2) is 5.83. The van der Waals surface area contributed by atoms with Crippen molar-refractivity contribution in [3.63, 3.8) is 0 Å². The highest BCUT2D eigenvalue weighted by Gasteiger charge is 2.15. The summed E-state index contributed by atoms with van der Waals surface area (Å²) in [6.45, 7) is 2.05. The van der Waals surface area contributed by atoms with Gasteiger partial charge in [-0.2, -0.15) is 4.52 Å². The average Bonchev–Trinajstić information content (AvgIpc) is 2.80. The molecule has 1 fully saturated rings. The fraction of sp³-hybridized carbons (Fsp3) is 0.375. The first kappa shape index (κ1) is 13.9. The monoisotopic (exact) mass is 310 g/mol. The van der Waals surface area contributed by atoms with Gasteiger partial charge >= 0.3 is 0 Å². The summed E-state index contributed by atoms with van der Waals surface area (Å²) in [7, 11) is 0. The van der Waals surface area contributed by atoms with Crippen LogP contribution in [0.4, 0.5) is 5.82 Å². The molecule has 3 aromatic rings. The summed E-state index contributed by atoms with van der Waals surface area (Å²) >= 11 is 0. The van der Waals surface area contributed by atoms with Gasteiger partial charge in [0.2, 0.25) is 11.4 Å². The second-order valence-corrected chi connectivity index (χ2v) is 5.82. The van der Waals surface area contributed by atoms with Gasteiger partial charge in [-0.3, -0.25) is 4.79 Å². The zero-order valence-corrected chi connectivity index (χ0v) is 12.8. The molecule has 0 amide bonds. The highest BCUT2D eigenvalue weighted by atomic mass is 16.1. The molecule has 4 heterocycles. The van der Waals surface area contributed by atoms with E-state index in [0.717, 1.165) is 18.9 Å². The Labute approximate surface area is 133 Å². The maximum atomic E-state index is 11.5. The summed E-state index contributed by atoms with van der Waals surface area (Å²) < 4.78 is 1.70. The second-order valence-electron chi connectivity index (χ2n) is 5.82. The van der Waals surface area contributed by atoms with E-state index < -0.39 is 0 Å². The van der Waals surface area contributed by atoms with Crippen molar-refractivity contribution in [3.8, 4) is 11.5 Å². The Morgan fingerprint density at radius 1 is 0.957 bits per heavy atom. The molecule has 7 nitrogen and oxygen atoms in total. The lowest BCUT2D eigenvalue weighted by Gasteiger charge is -2.21. The highest BCUT2D eigenvalue weighted by Crippen LogP contribution is 2.20. The van der Waals surface area contributed by atoms with Crippen LogP contribution in [0.5, 0.6) is 0 Å². The van der Waals surface area contributed by atoms with Crippen LogP contribution in [0, 0.1) is 0 Å². The minimum absolute atomic E-state index is 0.164. The van der Waals surface area contributed by atoms with E-state index in [1.165, 1.54) is 31.7 Å². The molecule has 7 heteroatoms. The number of nitrogens with one attached hydrogen (secondary N) is 1. The predicted molar refractivity (Wildman–Crippen MR) is 87.5 cm³/mol. The first-order valence-electron chi connectivity index (χ1n) is 7.98. The molecular formula is C16H18N6O. The van der Waals surface area contributed by atoms with Crippen LogP contribution in [0.2, 0.25) is 0 Å². The SMILES string of the molecule is O=c1cccc(-c2nnc3ccc(N4CCCCCC4)nn23)[nH]1. The molecule has 0 saturated carbocycles. The summed E-state index contributed by atoms with van der Waals surface area (Å²) in [6, 6.07) is 8.90. The predicted octanol–water partition coefficient (Wildman–Crippen LogP) is 1.86. The van der Waals surface area contributed by atoms with Gasteiger partial charge in [-0.25, -0.2) is 0 Å². The topological polar surface area (TPSA) is 79.2 Å². The molecule has 0 unspecified atom stereocenters. The fourth-order valence-corrected chi connectivity index (χ4v) is 2.99. The third-order valence-electron chi connectivity index (χ3n) is 4.19. The Kier molecular flexibility index (Phi) is 3.53. The molecule has 1 aliphatic heterocycles. The van der Waals surface area contributed by atoms with Crippen molar-refractivity contribution in [2.75, 3.05) is 18.0 Å². The number of hydrogen-bond donors (Lipinski definition) is 1. The number of hydrogen-bond acceptors (Lipinski definition) is 5. The first-order valence-corrected chi connectivity index (χ1v) is 7.98. The van der Waals surface area contributed by atoms with Gasteiger partial charge in [-0.05, 0) is 31.0 Å². The van der Waals surface area contributed by atoms with Crippen molar-refractivity contribution >= 4 is 11.5 Å². The maximum absolute atomic E-state index is 11.5. The molecule has 0 atom stereocenters. The number of H-pyrrole nitrogens is 1. The standard InChI is InChI=1S/C16H18N6O/c23-15-7-5-6-12(17-15)16-19-18-13-8-9-14(20-22(13)16)21-10-3-1-2-4-11-21/h5-9H,1-4,10-11H2,(H,17,23). The van der Waals surface area contributed by atoms with E-state index >= 15 is 0 Å². The number of anilines is 1. The number of pyridine rings is 1. The summed E-state index contributed by atoms with van der Waals surface area (Å²) in [5, 5.41) is 13.0. The van der Waals surface area contributed by atoms with Gasteiger partial charge < -0.3 is 9.88 Å². The lowest BCUT2D eigenvalue weighted by atomic mass is 10.2. The zero-order chi connectivity index (χ0) is 15.6. The van der Waals surface area contributed by atoms with Gasteiger partial charge in [-0.15, -0.1) is 15.3 Å². The van der Waals surface area contributed by atoms with Crippen LogP contribution in [-0.4, -0.2) is 37.9 Å². The minimum Gasteiger partial charge on any atom is -0.355 e. The third kappa shape index (κ3) is 2.69. The summed E-state index contributed by atoms with van der Waals surface area (Å²) in [5.74, 6) is 1.48. The van der Waals surface area contributed by atoms with Crippen molar-refractivity contribution in [2.24, 2.45) is 0 Å². The van der Waals surface area contributed by atoms with Crippen LogP contribution in [0.3, 0.4) is 0 Å². The Morgan fingerprint density at radius 2 is 1.78 bits per heavy atom. The largest absolute Gasteiger partial charge is 0.355 e. The van der Waals surface area contributed by atoms with Crippen molar-refractivity contribution in [1.82, 2.24) is 24.8 Å². The van der Waals surface area contributed by atoms with Crippen molar-refractivity contribution in [1.29, 1.82) is 0 Å². The molecule has 1 N–H and O–H groups in total. The van der Waals surface area contributed by atoms with Gasteiger partial charge in [-0.1, -0.05) is 18.9 Å². The van der Waals surface area contributed by atoms with Crippen LogP contribution in [-0.2, 0) is 0 Å². The average molecular weight is 310 g/mol. The minimum atomic E-state index is -0.164. The third-order valence-corrected chi connectivity index (χ3v) is 4.19.